The lowest BCUT2D eigenvalue weighted by molar-refractivity contribution is -0.139. The quantitative estimate of drug-likeness (QED) is 0.285. The van der Waals surface area contributed by atoms with E-state index in [-0.39, 0.29) is 19.1 Å². The minimum absolute atomic E-state index is 0.0876. The molecule has 0 unspecified atom stereocenters. The Morgan fingerprint density at radius 2 is 1.78 bits per heavy atom. The van der Waals surface area contributed by atoms with Crippen LogP contribution >= 0.6 is 0 Å². The Morgan fingerprint density at radius 1 is 1.00 bits per heavy atom. The van der Waals surface area contributed by atoms with Crippen LogP contribution in [0, 0.1) is 6.92 Å². The molecule has 3 N–H and O–H groups in total. The van der Waals surface area contributed by atoms with Gasteiger partial charge < -0.3 is 19.8 Å². The van der Waals surface area contributed by atoms with Crippen LogP contribution in [0.4, 0.5) is 5.69 Å². The Morgan fingerprint density at radius 3 is 2.53 bits per heavy atom. The molecule has 1 heterocycles. The minimum Gasteiger partial charge on any atom is -0.483 e. The number of amides is 3. The number of carbonyl (C=O) groups excluding carboxylic acids is 3. The van der Waals surface area contributed by atoms with Crippen molar-refractivity contribution >= 4 is 29.6 Å². The van der Waals surface area contributed by atoms with Crippen molar-refractivity contribution in [2.75, 3.05) is 11.9 Å². The van der Waals surface area contributed by atoms with Gasteiger partial charge in [0.25, 0.3) is 5.91 Å². The zero-order valence-corrected chi connectivity index (χ0v) is 17.3. The molecule has 0 aliphatic heterocycles. The molecule has 3 aromatic rings. The summed E-state index contributed by atoms with van der Waals surface area (Å²) in [6.45, 7) is 1.84. The summed E-state index contributed by atoms with van der Waals surface area (Å²) in [4.78, 5) is 35.8. The molecule has 32 heavy (non-hydrogen) atoms. The summed E-state index contributed by atoms with van der Waals surface area (Å²) in [5.74, 6) is -1.18. The van der Waals surface area contributed by atoms with E-state index in [0.717, 1.165) is 5.56 Å². The maximum Gasteiger partial charge on any atom is 0.329 e. The topological polar surface area (TPSA) is 122 Å². The van der Waals surface area contributed by atoms with Crippen LogP contribution in [-0.4, -0.2) is 30.5 Å². The minimum atomic E-state index is -0.927. The molecule has 2 aromatic carbocycles. The van der Waals surface area contributed by atoms with E-state index in [1.165, 1.54) is 12.5 Å². The lowest BCUT2D eigenvalue weighted by Gasteiger charge is -2.09. The Bertz CT molecular complexity index is 1090. The van der Waals surface area contributed by atoms with E-state index in [0.29, 0.717) is 22.8 Å². The van der Waals surface area contributed by atoms with Crippen molar-refractivity contribution in [1.29, 1.82) is 0 Å². The molecule has 164 valence electrons. The van der Waals surface area contributed by atoms with Crippen LogP contribution in [0.15, 0.2) is 76.4 Å². The van der Waals surface area contributed by atoms with Crippen LogP contribution in [0.5, 0.6) is 5.75 Å². The van der Waals surface area contributed by atoms with Crippen LogP contribution in [0.25, 0.3) is 0 Å². The standard InChI is InChI=1S/C23H22N4O5/c1-16-8-10-18(11-9-16)26-21(28)15-32-20-7-3-2-5-17(20)13-25-27-23(30)22(29)24-14-19-6-4-12-31-19/h2-13H,14-15H2,1H3,(H,24,29)(H,26,28)(H,27,30)/b25-13-. The number of hydrogen-bond acceptors (Lipinski definition) is 6. The number of nitrogens with zero attached hydrogens (tertiary/aromatic N) is 1. The molecular formula is C23H22N4O5. The van der Waals surface area contributed by atoms with Gasteiger partial charge in [-0.1, -0.05) is 29.8 Å². The van der Waals surface area contributed by atoms with Gasteiger partial charge in [0, 0.05) is 11.3 Å². The highest BCUT2D eigenvalue weighted by molar-refractivity contribution is 6.35. The van der Waals surface area contributed by atoms with Crippen molar-refractivity contribution < 1.29 is 23.5 Å². The predicted octanol–water partition coefficient (Wildman–Crippen LogP) is 2.37. The molecule has 0 saturated heterocycles. The first-order valence-corrected chi connectivity index (χ1v) is 9.73. The van der Waals surface area contributed by atoms with E-state index >= 15 is 0 Å². The van der Waals surface area contributed by atoms with Gasteiger partial charge in [-0.3, -0.25) is 14.4 Å². The number of furan rings is 1. The van der Waals surface area contributed by atoms with E-state index in [1.807, 2.05) is 19.1 Å². The van der Waals surface area contributed by atoms with E-state index in [9.17, 15) is 14.4 Å². The summed E-state index contributed by atoms with van der Waals surface area (Å²) in [5.41, 5.74) is 4.43. The number of hydrazone groups is 1. The number of carbonyl (C=O) groups is 3. The molecule has 0 aliphatic rings. The molecule has 9 heteroatoms. The molecular weight excluding hydrogens is 412 g/mol. The third-order valence-electron chi connectivity index (χ3n) is 4.19. The van der Waals surface area contributed by atoms with E-state index in [2.05, 4.69) is 21.2 Å². The van der Waals surface area contributed by atoms with Gasteiger partial charge in [0.2, 0.25) is 0 Å². The zero-order chi connectivity index (χ0) is 22.8. The monoisotopic (exact) mass is 434 g/mol. The largest absolute Gasteiger partial charge is 0.483 e. The number of nitrogens with one attached hydrogen (secondary N) is 3. The Balaban J connectivity index is 1.48. The first-order valence-electron chi connectivity index (χ1n) is 9.73. The normalized spacial score (nSPS) is 10.5. The molecule has 0 spiro atoms. The molecule has 3 amide bonds. The fraction of sp³-hybridized carbons (Fsp3) is 0.130. The highest BCUT2D eigenvalue weighted by Crippen LogP contribution is 2.16. The van der Waals surface area contributed by atoms with Crippen molar-refractivity contribution in [3.63, 3.8) is 0 Å². The van der Waals surface area contributed by atoms with Crippen LogP contribution in [0.3, 0.4) is 0 Å². The van der Waals surface area contributed by atoms with Crippen LogP contribution in [0.2, 0.25) is 0 Å². The Kier molecular flexibility index (Phi) is 7.74. The van der Waals surface area contributed by atoms with Crippen molar-refractivity contribution in [3.8, 4) is 5.75 Å². The lowest BCUT2D eigenvalue weighted by Crippen LogP contribution is -2.37. The lowest BCUT2D eigenvalue weighted by atomic mass is 10.2. The summed E-state index contributed by atoms with van der Waals surface area (Å²) in [6.07, 6.45) is 2.79. The molecule has 0 bridgehead atoms. The summed E-state index contributed by atoms with van der Waals surface area (Å²) in [5, 5.41) is 8.94. The fourth-order valence-electron chi connectivity index (χ4n) is 2.57. The van der Waals surface area contributed by atoms with Crippen molar-refractivity contribution in [1.82, 2.24) is 10.7 Å². The predicted molar refractivity (Wildman–Crippen MR) is 118 cm³/mol. The van der Waals surface area contributed by atoms with Crippen molar-refractivity contribution in [3.05, 3.63) is 83.8 Å². The van der Waals surface area contributed by atoms with Crippen molar-refractivity contribution in [2.45, 2.75) is 13.5 Å². The van der Waals surface area contributed by atoms with E-state index < -0.39 is 11.8 Å². The molecule has 0 aliphatic carbocycles. The van der Waals surface area contributed by atoms with Gasteiger partial charge >= 0.3 is 11.8 Å². The van der Waals surface area contributed by atoms with Crippen LogP contribution in [-0.2, 0) is 20.9 Å². The fourth-order valence-corrected chi connectivity index (χ4v) is 2.57. The number of benzene rings is 2. The Hall–Kier alpha value is -4.40. The molecule has 0 atom stereocenters. The summed E-state index contributed by atoms with van der Waals surface area (Å²) >= 11 is 0. The van der Waals surface area contributed by atoms with Crippen molar-refractivity contribution in [2.24, 2.45) is 5.10 Å². The van der Waals surface area contributed by atoms with Gasteiger partial charge in [-0.2, -0.15) is 5.10 Å². The maximum absolute atomic E-state index is 12.1. The number of para-hydroxylation sites is 1. The second kappa shape index (κ2) is 11.1. The summed E-state index contributed by atoms with van der Waals surface area (Å²) in [7, 11) is 0. The molecule has 0 radical (unpaired) electrons. The van der Waals surface area contributed by atoms with E-state index in [1.54, 1.807) is 48.5 Å². The first-order chi connectivity index (χ1) is 15.5. The highest BCUT2D eigenvalue weighted by atomic mass is 16.5. The summed E-state index contributed by atoms with van der Waals surface area (Å²) in [6, 6.07) is 17.6. The maximum atomic E-state index is 12.1. The highest BCUT2D eigenvalue weighted by Gasteiger charge is 2.13. The van der Waals surface area contributed by atoms with Gasteiger partial charge in [-0.05, 0) is 43.3 Å². The molecule has 9 nitrogen and oxygen atoms in total. The zero-order valence-electron chi connectivity index (χ0n) is 17.3. The second-order valence-corrected chi connectivity index (χ2v) is 6.70. The third-order valence-corrected chi connectivity index (χ3v) is 4.19. The SMILES string of the molecule is Cc1ccc(NC(=O)COc2ccccc2/C=N\NC(=O)C(=O)NCc2ccco2)cc1. The van der Waals surface area contributed by atoms with E-state index in [4.69, 9.17) is 9.15 Å². The van der Waals surface area contributed by atoms with Crippen LogP contribution < -0.4 is 20.8 Å². The molecule has 0 saturated carbocycles. The number of hydrogen-bond donors (Lipinski definition) is 3. The number of ether oxygens (including phenoxy) is 1. The molecule has 1 aromatic heterocycles. The van der Waals surface area contributed by atoms with Crippen LogP contribution in [0.1, 0.15) is 16.9 Å². The molecule has 3 rings (SSSR count). The van der Waals surface area contributed by atoms with Gasteiger partial charge in [0.05, 0.1) is 19.0 Å². The second-order valence-electron chi connectivity index (χ2n) is 6.70. The molecule has 0 fully saturated rings. The smallest absolute Gasteiger partial charge is 0.329 e. The first kappa shape index (κ1) is 22.3. The number of aryl methyl sites for hydroxylation is 1. The Labute approximate surface area is 184 Å². The average molecular weight is 434 g/mol. The van der Waals surface area contributed by atoms with Gasteiger partial charge in [-0.15, -0.1) is 0 Å². The summed E-state index contributed by atoms with van der Waals surface area (Å²) < 4.78 is 10.6. The average Bonchev–Trinajstić information content (AvgIpc) is 3.32. The van der Waals surface area contributed by atoms with Gasteiger partial charge in [0.1, 0.15) is 11.5 Å². The number of rotatable bonds is 8. The number of anilines is 1. The van der Waals surface area contributed by atoms with Gasteiger partial charge in [-0.25, -0.2) is 5.43 Å². The third kappa shape index (κ3) is 6.84. The van der Waals surface area contributed by atoms with Gasteiger partial charge in [0.15, 0.2) is 6.61 Å².